The molecule has 0 amide bonds. The molecular weight excluding hydrogens is 172 g/mol. The summed E-state index contributed by atoms with van der Waals surface area (Å²) in [5, 5.41) is 10.9. The molecule has 0 unspecified atom stereocenters. The van der Waals surface area contributed by atoms with Crippen molar-refractivity contribution in [3.8, 4) is 6.01 Å². The predicted molar refractivity (Wildman–Crippen MR) is 42.0 cm³/mol. The molecule has 13 heavy (non-hydrogen) atoms. The molecule has 0 aliphatic carbocycles. The van der Waals surface area contributed by atoms with E-state index in [2.05, 4.69) is 9.97 Å². The molecule has 2 heterocycles. The van der Waals surface area contributed by atoms with Crippen molar-refractivity contribution in [3.63, 3.8) is 0 Å². The summed E-state index contributed by atoms with van der Waals surface area (Å²) < 4.78 is 3.26. The molecule has 0 saturated heterocycles. The molecule has 1 N–H and O–H groups in total. The van der Waals surface area contributed by atoms with Crippen molar-refractivity contribution in [2.45, 2.75) is 0 Å². The number of rotatable bonds is 0. The second-order valence-corrected chi connectivity index (χ2v) is 2.88. The highest BCUT2D eigenvalue weighted by Crippen LogP contribution is 2.01. The molecule has 68 valence electrons. The van der Waals surface area contributed by atoms with Crippen LogP contribution in [-0.4, -0.2) is 14.5 Å². The van der Waals surface area contributed by atoms with E-state index in [9.17, 15) is 9.90 Å². The molecule has 2 rings (SSSR count). The zero-order chi connectivity index (χ0) is 9.59. The van der Waals surface area contributed by atoms with E-state index in [-0.39, 0.29) is 0 Å². The minimum Gasteiger partial charge on any atom is -0.832 e. The van der Waals surface area contributed by atoms with Crippen LogP contribution in [0, 0.1) is 0 Å². The van der Waals surface area contributed by atoms with Crippen LogP contribution in [0.4, 0.5) is 0 Å². The van der Waals surface area contributed by atoms with Gasteiger partial charge < -0.3 is 10.1 Å². The minimum absolute atomic E-state index is 0.399. The topological polar surface area (TPSA) is 77.6 Å². The first-order valence-electron chi connectivity index (χ1n) is 3.71. The van der Waals surface area contributed by atoms with E-state index >= 15 is 0 Å². The van der Waals surface area contributed by atoms with Crippen molar-refractivity contribution in [1.82, 2.24) is 14.5 Å². The number of imidazole rings is 1. The van der Waals surface area contributed by atoms with Crippen LogP contribution in [0.15, 0.2) is 11.1 Å². The third kappa shape index (κ3) is 0.986. The van der Waals surface area contributed by atoms with Crippen molar-refractivity contribution in [3.05, 3.63) is 16.7 Å². The quantitative estimate of drug-likeness (QED) is 0.484. The van der Waals surface area contributed by atoms with E-state index in [4.69, 9.17) is 0 Å². The highest BCUT2D eigenvalue weighted by Gasteiger charge is 2.14. The number of aromatic nitrogens is 4. The molecule has 0 bridgehead atoms. The smallest absolute Gasteiger partial charge is 0.308 e. The van der Waals surface area contributed by atoms with Gasteiger partial charge in [0.15, 0.2) is 6.33 Å². The normalized spacial score (nSPS) is 10.9. The van der Waals surface area contributed by atoms with E-state index in [1.807, 2.05) is 0 Å². The van der Waals surface area contributed by atoms with Crippen LogP contribution in [0.5, 0.6) is 6.01 Å². The van der Waals surface area contributed by atoms with Crippen molar-refractivity contribution in [2.75, 3.05) is 0 Å². The summed E-state index contributed by atoms with van der Waals surface area (Å²) in [6.45, 7) is 0. The van der Waals surface area contributed by atoms with E-state index in [1.165, 1.54) is 0 Å². The van der Waals surface area contributed by atoms with Gasteiger partial charge >= 0.3 is 5.65 Å². The maximum Gasteiger partial charge on any atom is 0.308 e. The molecule has 0 aromatic carbocycles. The van der Waals surface area contributed by atoms with Gasteiger partial charge in [-0.1, -0.05) is 4.98 Å². The Bertz CT molecular complexity index is 525. The van der Waals surface area contributed by atoms with E-state index in [0.29, 0.717) is 11.2 Å². The maximum atomic E-state index is 11.3. The number of nitrogens with zero attached hydrogens (tertiary/aromatic N) is 3. The fourth-order valence-electron chi connectivity index (χ4n) is 1.37. The number of nitrogens with one attached hydrogen (secondary N) is 1. The molecule has 0 spiro atoms. The number of hydrogen-bond donors (Lipinski definition) is 1. The minimum atomic E-state index is -0.612. The summed E-state index contributed by atoms with van der Waals surface area (Å²) in [5.41, 5.74) is 0.399. The molecule has 0 fully saturated rings. The van der Waals surface area contributed by atoms with Crippen molar-refractivity contribution in [1.29, 1.82) is 0 Å². The van der Waals surface area contributed by atoms with Gasteiger partial charge in [-0.05, 0) is 0 Å². The monoisotopic (exact) mass is 180 g/mol. The second-order valence-electron chi connectivity index (χ2n) is 2.88. The van der Waals surface area contributed by atoms with Gasteiger partial charge in [-0.15, -0.1) is 0 Å². The van der Waals surface area contributed by atoms with E-state index in [0.717, 1.165) is 0 Å². The Balaban J connectivity index is 3.06. The Morgan fingerprint density at radius 3 is 3.08 bits per heavy atom. The van der Waals surface area contributed by atoms with Gasteiger partial charge in [0.2, 0.25) is 5.52 Å². The average molecular weight is 180 g/mol. The summed E-state index contributed by atoms with van der Waals surface area (Å²) in [4.78, 5) is 17.1. The van der Waals surface area contributed by atoms with Gasteiger partial charge in [0.25, 0.3) is 5.56 Å². The molecule has 0 aliphatic rings. The molecule has 0 radical (unpaired) electrons. The van der Waals surface area contributed by atoms with Crippen LogP contribution in [0.3, 0.4) is 0 Å². The molecule has 0 aliphatic heterocycles. The summed E-state index contributed by atoms with van der Waals surface area (Å²) in [5.74, 6) is 0. The van der Waals surface area contributed by atoms with Crippen LogP contribution in [0.25, 0.3) is 11.2 Å². The third-order valence-electron chi connectivity index (χ3n) is 1.89. The van der Waals surface area contributed by atoms with E-state index in [1.54, 1.807) is 29.6 Å². The van der Waals surface area contributed by atoms with Crippen LogP contribution < -0.4 is 15.2 Å². The second kappa shape index (κ2) is 2.32. The standard InChI is InChI=1S/C7H8N4O2/c1-10-3-11(2)5-4(10)6(12)9-7(13)8-5/h3H,1-2H3,(H-,8,9,12,13). The number of H-pyrrole nitrogens is 1. The Labute approximate surface area is 73.1 Å². The lowest BCUT2D eigenvalue weighted by Crippen LogP contribution is -2.27. The molecule has 2 aromatic heterocycles. The first kappa shape index (κ1) is 7.78. The lowest BCUT2D eigenvalue weighted by Gasteiger charge is -1.96. The number of aromatic amines is 1. The summed E-state index contributed by atoms with van der Waals surface area (Å²) in [7, 11) is 3.46. The molecule has 0 saturated carbocycles. The molecular formula is C7H8N4O2. The molecule has 6 nitrogen and oxygen atoms in total. The van der Waals surface area contributed by atoms with E-state index < -0.39 is 11.6 Å². The molecule has 2 aromatic rings. The van der Waals surface area contributed by atoms with Crippen LogP contribution in [0.2, 0.25) is 0 Å². The summed E-state index contributed by atoms with van der Waals surface area (Å²) in [6, 6.07) is -0.612. The highest BCUT2D eigenvalue weighted by molar-refractivity contribution is 5.65. The Kier molecular flexibility index (Phi) is 1.39. The van der Waals surface area contributed by atoms with Gasteiger partial charge in [-0.3, -0.25) is 9.36 Å². The van der Waals surface area contributed by atoms with Crippen molar-refractivity contribution in [2.24, 2.45) is 14.1 Å². The molecule has 6 heteroatoms. The number of hydrogen-bond acceptors (Lipinski definition) is 3. The maximum absolute atomic E-state index is 11.3. The van der Waals surface area contributed by atoms with Gasteiger partial charge in [-0.2, -0.15) is 0 Å². The fourth-order valence-corrected chi connectivity index (χ4v) is 1.37. The number of fused-ring (bicyclic) bond motifs is 1. The van der Waals surface area contributed by atoms with Crippen molar-refractivity contribution < 1.29 is 9.67 Å². The van der Waals surface area contributed by atoms with Gasteiger partial charge in [0.1, 0.15) is 6.01 Å². The predicted octanol–water partition coefficient (Wildman–Crippen LogP) is -1.84. The summed E-state index contributed by atoms with van der Waals surface area (Å²) in [6.07, 6.45) is 1.69. The van der Waals surface area contributed by atoms with Crippen molar-refractivity contribution >= 4 is 11.2 Å². The van der Waals surface area contributed by atoms with Gasteiger partial charge in [0.05, 0.1) is 14.1 Å². The average Bonchev–Trinajstić information content (AvgIpc) is 2.27. The van der Waals surface area contributed by atoms with Gasteiger partial charge in [-0.25, -0.2) is 4.57 Å². The first-order valence-corrected chi connectivity index (χ1v) is 3.71. The SMILES string of the molecule is Cn1c[n+](C)c2nc([O-])[nH]c(=O)c21. The lowest BCUT2D eigenvalue weighted by molar-refractivity contribution is -0.647. The highest BCUT2D eigenvalue weighted by atomic mass is 16.3. The zero-order valence-electron chi connectivity index (χ0n) is 7.24. The Hall–Kier alpha value is -1.85. The first-order chi connectivity index (χ1) is 6.09. The summed E-state index contributed by atoms with van der Waals surface area (Å²) >= 11 is 0. The van der Waals surface area contributed by atoms with Crippen LogP contribution in [0.1, 0.15) is 0 Å². The largest absolute Gasteiger partial charge is 0.832 e. The fraction of sp³-hybridized carbons (Fsp3) is 0.286. The van der Waals surface area contributed by atoms with Crippen LogP contribution in [-0.2, 0) is 14.1 Å². The number of aryl methyl sites for hydroxylation is 2. The van der Waals surface area contributed by atoms with Crippen LogP contribution >= 0.6 is 0 Å². The Morgan fingerprint density at radius 2 is 2.38 bits per heavy atom. The zero-order valence-corrected chi connectivity index (χ0v) is 7.24. The lowest BCUT2D eigenvalue weighted by atomic mass is 10.5. The molecule has 0 atom stereocenters. The van der Waals surface area contributed by atoms with Gasteiger partial charge in [0, 0.05) is 0 Å². The Morgan fingerprint density at radius 1 is 1.69 bits per heavy atom. The third-order valence-corrected chi connectivity index (χ3v) is 1.89.